The molecule has 2 aromatic rings. The summed E-state index contributed by atoms with van der Waals surface area (Å²) in [6.07, 6.45) is 1.87. The minimum atomic E-state index is -0.197. The lowest BCUT2D eigenvalue weighted by atomic mass is 10.1. The molecule has 0 fully saturated rings. The van der Waals surface area contributed by atoms with Crippen molar-refractivity contribution in [3.05, 3.63) is 59.0 Å². The van der Waals surface area contributed by atoms with E-state index >= 15 is 0 Å². The first-order chi connectivity index (χ1) is 12.0. The van der Waals surface area contributed by atoms with Crippen LogP contribution in [0.5, 0.6) is 5.88 Å². The summed E-state index contributed by atoms with van der Waals surface area (Å²) < 4.78 is 19.1. The van der Waals surface area contributed by atoms with Crippen molar-refractivity contribution in [2.45, 2.75) is 40.0 Å². The molecule has 7 heteroatoms. The summed E-state index contributed by atoms with van der Waals surface area (Å²) in [6.45, 7) is 6.76. The number of aryl methyl sites for hydroxylation is 1. The van der Waals surface area contributed by atoms with E-state index in [0.717, 1.165) is 11.1 Å². The Labute approximate surface area is 171 Å². The molecule has 0 radical (unpaired) electrons. The summed E-state index contributed by atoms with van der Waals surface area (Å²) in [7, 11) is 1.70. The quantitative estimate of drug-likeness (QED) is 0.382. The van der Waals surface area contributed by atoms with E-state index in [-0.39, 0.29) is 35.9 Å². The fourth-order valence-electron chi connectivity index (χ4n) is 2.17. The number of benzene rings is 1. The Morgan fingerprint density at radius 3 is 2.35 bits per heavy atom. The fraction of sp³-hybridized carbons (Fsp3) is 0.368. The molecule has 2 N–H and O–H groups in total. The molecule has 0 atom stereocenters. The molecule has 0 aliphatic rings. The van der Waals surface area contributed by atoms with Gasteiger partial charge in [-0.15, -0.1) is 24.0 Å². The Morgan fingerprint density at radius 1 is 1.15 bits per heavy atom. The molecule has 0 unspecified atom stereocenters. The average Bonchev–Trinajstić information content (AvgIpc) is 2.59. The number of pyridine rings is 1. The first-order valence-electron chi connectivity index (χ1n) is 8.29. The van der Waals surface area contributed by atoms with Crippen LogP contribution in [-0.4, -0.2) is 24.1 Å². The normalized spacial score (nSPS) is 11.1. The van der Waals surface area contributed by atoms with Gasteiger partial charge in [0.2, 0.25) is 5.88 Å². The minimum Gasteiger partial charge on any atom is -0.475 e. The van der Waals surface area contributed by atoms with Crippen LogP contribution >= 0.6 is 24.0 Å². The first kappa shape index (κ1) is 22.1. The molecule has 0 bridgehead atoms. The van der Waals surface area contributed by atoms with Crippen LogP contribution in [0.25, 0.3) is 0 Å². The van der Waals surface area contributed by atoms with Crippen molar-refractivity contribution in [1.82, 2.24) is 15.6 Å². The summed E-state index contributed by atoms with van der Waals surface area (Å²) in [5.74, 6) is 1.06. The van der Waals surface area contributed by atoms with Crippen molar-refractivity contribution in [2.75, 3.05) is 7.05 Å². The fourth-order valence-corrected chi connectivity index (χ4v) is 2.17. The zero-order chi connectivity index (χ0) is 18.2. The number of rotatable bonds is 6. The summed E-state index contributed by atoms with van der Waals surface area (Å²) >= 11 is 0. The third-order valence-electron chi connectivity index (χ3n) is 3.53. The Hall–Kier alpha value is -1.90. The lowest BCUT2D eigenvalue weighted by Gasteiger charge is -2.13. The highest BCUT2D eigenvalue weighted by molar-refractivity contribution is 14.0. The topological polar surface area (TPSA) is 58.5 Å². The standard InChI is InChI=1S/C19H25FN4O.HI/c1-13(2)25-18-8-7-16(11-22-18)12-24-19(21-4)23-10-15-6-5-14(3)17(20)9-15;/h5-9,11,13H,10,12H2,1-4H3,(H2,21,23,24);1H. The molecule has 1 heterocycles. The molecule has 0 aliphatic carbocycles. The minimum absolute atomic E-state index is 0. The number of nitrogens with one attached hydrogen (secondary N) is 2. The molecule has 1 aromatic heterocycles. The van der Waals surface area contributed by atoms with Crippen LogP contribution in [-0.2, 0) is 13.1 Å². The van der Waals surface area contributed by atoms with E-state index in [2.05, 4.69) is 20.6 Å². The molecular formula is C19H26FIN4O. The van der Waals surface area contributed by atoms with Crippen molar-refractivity contribution in [1.29, 1.82) is 0 Å². The van der Waals surface area contributed by atoms with Crippen molar-refractivity contribution in [2.24, 2.45) is 4.99 Å². The molecule has 2 rings (SSSR count). The number of guanidine groups is 1. The number of aliphatic imine (C=N–C) groups is 1. The van der Waals surface area contributed by atoms with Crippen LogP contribution in [0.15, 0.2) is 41.5 Å². The third kappa shape index (κ3) is 7.15. The average molecular weight is 472 g/mol. The van der Waals surface area contributed by atoms with Crippen LogP contribution in [0.4, 0.5) is 4.39 Å². The number of nitrogens with zero attached hydrogens (tertiary/aromatic N) is 2. The van der Waals surface area contributed by atoms with E-state index in [1.165, 1.54) is 6.07 Å². The van der Waals surface area contributed by atoms with E-state index in [1.54, 1.807) is 26.2 Å². The third-order valence-corrected chi connectivity index (χ3v) is 3.53. The Morgan fingerprint density at radius 2 is 1.81 bits per heavy atom. The van der Waals surface area contributed by atoms with Gasteiger partial charge in [0, 0.05) is 32.4 Å². The highest BCUT2D eigenvalue weighted by Crippen LogP contribution is 2.10. The Kier molecular flexibility index (Phi) is 9.32. The van der Waals surface area contributed by atoms with Gasteiger partial charge in [0.1, 0.15) is 5.82 Å². The van der Waals surface area contributed by atoms with E-state index in [1.807, 2.05) is 32.0 Å². The number of aromatic nitrogens is 1. The monoisotopic (exact) mass is 472 g/mol. The van der Waals surface area contributed by atoms with Gasteiger partial charge in [0.25, 0.3) is 0 Å². The molecule has 0 amide bonds. The maximum atomic E-state index is 13.6. The van der Waals surface area contributed by atoms with Gasteiger partial charge in [0.05, 0.1) is 6.10 Å². The van der Waals surface area contributed by atoms with Crippen LogP contribution < -0.4 is 15.4 Å². The van der Waals surface area contributed by atoms with E-state index in [4.69, 9.17) is 4.74 Å². The zero-order valence-corrected chi connectivity index (χ0v) is 17.9. The van der Waals surface area contributed by atoms with Crippen molar-refractivity contribution >= 4 is 29.9 Å². The molecule has 0 saturated heterocycles. The molecule has 0 aliphatic heterocycles. The smallest absolute Gasteiger partial charge is 0.213 e. The molecule has 142 valence electrons. The Bertz CT molecular complexity index is 720. The Balaban J connectivity index is 0.00000338. The first-order valence-corrected chi connectivity index (χ1v) is 8.29. The maximum absolute atomic E-state index is 13.6. The van der Waals surface area contributed by atoms with Crippen LogP contribution in [0.3, 0.4) is 0 Å². The predicted octanol–water partition coefficient (Wildman–Crippen LogP) is 3.80. The molecule has 1 aromatic carbocycles. The van der Waals surface area contributed by atoms with Gasteiger partial charge in [-0.1, -0.05) is 18.2 Å². The summed E-state index contributed by atoms with van der Waals surface area (Å²) in [5, 5.41) is 6.37. The van der Waals surface area contributed by atoms with Crippen LogP contribution in [0.2, 0.25) is 0 Å². The second kappa shape index (κ2) is 10.9. The van der Waals surface area contributed by atoms with Crippen LogP contribution in [0.1, 0.15) is 30.5 Å². The van der Waals surface area contributed by atoms with Gasteiger partial charge < -0.3 is 15.4 Å². The molecule has 0 saturated carbocycles. The summed E-state index contributed by atoms with van der Waals surface area (Å²) in [4.78, 5) is 8.44. The predicted molar refractivity (Wildman–Crippen MR) is 114 cm³/mol. The second-order valence-electron chi connectivity index (χ2n) is 6.03. The van der Waals surface area contributed by atoms with Gasteiger partial charge in [0.15, 0.2) is 5.96 Å². The maximum Gasteiger partial charge on any atom is 0.213 e. The van der Waals surface area contributed by atoms with Crippen molar-refractivity contribution < 1.29 is 9.13 Å². The van der Waals surface area contributed by atoms with Crippen molar-refractivity contribution in [3.8, 4) is 5.88 Å². The number of ether oxygens (including phenoxy) is 1. The van der Waals surface area contributed by atoms with E-state index in [0.29, 0.717) is 30.5 Å². The number of hydrogen-bond acceptors (Lipinski definition) is 3. The molecule has 0 spiro atoms. The van der Waals surface area contributed by atoms with Gasteiger partial charge >= 0.3 is 0 Å². The highest BCUT2D eigenvalue weighted by Gasteiger charge is 2.03. The van der Waals surface area contributed by atoms with Gasteiger partial charge in [-0.25, -0.2) is 9.37 Å². The van der Waals surface area contributed by atoms with Gasteiger partial charge in [-0.2, -0.15) is 0 Å². The highest BCUT2D eigenvalue weighted by atomic mass is 127. The lowest BCUT2D eigenvalue weighted by molar-refractivity contribution is 0.232. The van der Waals surface area contributed by atoms with Gasteiger partial charge in [-0.05, 0) is 43.5 Å². The van der Waals surface area contributed by atoms with E-state index < -0.39 is 0 Å². The number of hydrogen-bond donors (Lipinski definition) is 2. The molecular weight excluding hydrogens is 446 g/mol. The largest absolute Gasteiger partial charge is 0.475 e. The molecule has 5 nitrogen and oxygen atoms in total. The van der Waals surface area contributed by atoms with Crippen LogP contribution in [0, 0.1) is 12.7 Å². The number of halogens is 2. The summed E-state index contributed by atoms with van der Waals surface area (Å²) in [6, 6.07) is 9.01. The SMILES string of the molecule is CN=C(NCc1ccc(OC(C)C)nc1)NCc1ccc(C)c(F)c1.I. The molecule has 26 heavy (non-hydrogen) atoms. The second-order valence-corrected chi connectivity index (χ2v) is 6.03. The van der Waals surface area contributed by atoms with Gasteiger partial charge in [-0.3, -0.25) is 4.99 Å². The van der Waals surface area contributed by atoms with E-state index in [9.17, 15) is 4.39 Å². The lowest BCUT2D eigenvalue weighted by Crippen LogP contribution is -2.36. The summed E-state index contributed by atoms with van der Waals surface area (Å²) in [5.41, 5.74) is 2.52. The zero-order valence-electron chi connectivity index (χ0n) is 15.5. The van der Waals surface area contributed by atoms with Crippen molar-refractivity contribution in [3.63, 3.8) is 0 Å².